The summed E-state index contributed by atoms with van der Waals surface area (Å²) in [5.41, 5.74) is 2.11. The fourth-order valence-electron chi connectivity index (χ4n) is 3.22. The van der Waals surface area contributed by atoms with Gasteiger partial charge in [0, 0.05) is 35.3 Å². The Labute approximate surface area is 144 Å². The Kier molecular flexibility index (Phi) is 4.02. The molecule has 0 spiro atoms. The highest BCUT2D eigenvalue weighted by Crippen LogP contribution is 2.33. The maximum Gasteiger partial charge on any atom is 0.246 e. The number of carbonyl (C=O) groups excluding carboxylic acids is 1. The van der Waals surface area contributed by atoms with Crippen LogP contribution in [0.3, 0.4) is 0 Å². The van der Waals surface area contributed by atoms with Crippen LogP contribution >= 0.6 is 11.6 Å². The molecule has 1 amide bonds. The van der Waals surface area contributed by atoms with Crippen molar-refractivity contribution < 1.29 is 9.18 Å². The Hall–Kier alpha value is -1.92. The van der Waals surface area contributed by atoms with Crippen LogP contribution in [0.5, 0.6) is 0 Å². The first-order valence-corrected chi connectivity index (χ1v) is 8.52. The molecule has 1 aromatic heterocycles. The van der Waals surface area contributed by atoms with E-state index in [0.717, 1.165) is 30.7 Å². The van der Waals surface area contributed by atoms with Crippen molar-refractivity contribution in [3.63, 3.8) is 0 Å². The number of nitrogens with one attached hydrogen (secondary N) is 2. The summed E-state index contributed by atoms with van der Waals surface area (Å²) in [4.78, 5) is 22.2. The molecule has 1 saturated carbocycles. The van der Waals surface area contributed by atoms with Gasteiger partial charge in [0.2, 0.25) is 5.91 Å². The van der Waals surface area contributed by atoms with Gasteiger partial charge in [0.1, 0.15) is 11.9 Å². The first-order valence-electron chi connectivity index (χ1n) is 8.14. The molecule has 2 aliphatic rings. The molecule has 1 aliphatic heterocycles. The lowest BCUT2D eigenvalue weighted by Gasteiger charge is -2.30. The molecular formula is C17H18ClFN4O. The average molecular weight is 349 g/mol. The van der Waals surface area contributed by atoms with Crippen LogP contribution in [0.1, 0.15) is 35.8 Å². The van der Waals surface area contributed by atoms with Gasteiger partial charge in [-0.3, -0.25) is 4.79 Å². The van der Waals surface area contributed by atoms with E-state index >= 15 is 0 Å². The summed E-state index contributed by atoms with van der Waals surface area (Å²) in [5, 5.41) is 3.59. The zero-order valence-electron chi connectivity index (χ0n) is 13.1. The number of halogens is 2. The van der Waals surface area contributed by atoms with Gasteiger partial charge < -0.3 is 15.2 Å². The molecule has 2 N–H and O–H groups in total. The van der Waals surface area contributed by atoms with Gasteiger partial charge in [-0.1, -0.05) is 17.7 Å². The lowest BCUT2D eigenvalue weighted by Crippen LogP contribution is -2.44. The highest BCUT2D eigenvalue weighted by Gasteiger charge is 2.39. The monoisotopic (exact) mass is 348 g/mol. The molecular weight excluding hydrogens is 331 g/mol. The summed E-state index contributed by atoms with van der Waals surface area (Å²) >= 11 is 6.14. The molecule has 7 heteroatoms. The van der Waals surface area contributed by atoms with Crippen molar-refractivity contribution in [2.45, 2.75) is 37.9 Å². The van der Waals surface area contributed by atoms with Crippen LogP contribution in [-0.2, 0) is 17.8 Å². The molecule has 0 radical (unpaired) electrons. The molecule has 1 atom stereocenters. The van der Waals surface area contributed by atoms with Crippen LogP contribution in [0.4, 0.5) is 4.39 Å². The van der Waals surface area contributed by atoms with E-state index < -0.39 is 6.04 Å². The van der Waals surface area contributed by atoms with Crippen LogP contribution < -0.4 is 5.32 Å². The van der Waals surface area contributed by atoms with Gasteiger partial charge in [-0.05, 0) is 25.0 Å². The summed E-state index contributed by atoms with van der Waals surface area (Å²) < 4.78 is 14.1. The first kappa shape index (κ1) is 15.6. The molecule has 1 aliphatic carbocycles. The first-order chi connectivity index (χ1) is 11.6. The highest BCUT2D eigenvalue weighted by atomic mass is 35.5. The smallest absolute Gasteiger partial charge is 0.246 e. The number of nitrogens with zero attached hydrogens (tertiary/aromatic N) is 2. The average Bonchev–Trinajstić information content (AvgIpc) is 3.29. The number of benzene rings is 1. The van der Waals surface area contributed by atoms with Crippen molar-refractivity contribution in [3.8, 4) is 0 Å². The Balaban J connectivity index is 1.62. The maximum absolute atomic E-state index is 14.1. The minimum Gasteiger partial charge on any atom is -0.348 e. The molecule has 0 saturated heterocycles. The molecule has 1 fully saturated rings. The topological polar surface area (TPSA) is 61.0 Å². The number of aromatic nitrogens is 2. The number of aromatic amines is 1. The quantitative estimate of drug-likeness (QED) is 0.892. The van der Waals surface area contributed by atoms with Gasteiger partial charge in [0.05, 0.1) is 18.6 Å². The van der Waals surface area contributed by atoms with Crippen molar-refractivity contribution in [1.29, 1.82) is 0 Å². The molecule has 126 valence electrons. The van der Waals surface area contributed by atoms with E-state index in [1.165, 1.54) is 6.07 Å². The van der Waals surface area contributed by atoms with Crippen molar-refractivity contribution in [2.75, 3.05) is 6.54 Å². The van der Waals surface area contributed by atoms with Gasteiger partial charge in [-0.15, -0.1) is 0 Å². The fraction of sp³-hybridized carbons (Fsp3) is 0.412. The van der Waals surface area contributed by atoms with Crippen molar-refractivity contribution >= 4 is 17.5 Å². The third kappa shape index (κ3) is 2.80. The van der Waals surface area contributed by atoms with Crippen LogP contribution in [-0.4, -0.2) is 33.4 Å². The minimum atomic E-state index is -0.480. The summed E-state index contributed by atoms with van der Waals surface area (Å²) in [6, 6.07) is 4.27. The zero-order chi connectivity index (χ0) is 16.7. The SMILES string of the molecule is O=C([C@@H]1NCCc2[nH]cnc21)N(Cc1c(F)cccc1Cl)C1CC1. The maximum atomic E-state index is 14.1. The Morgan fingerprint density at radius 1 is 1.42 bits per heavy atom. The zero-order valence-corrected chi connectivity index (χ0v) is 13.8. The van der Waals surface area contributed by atoms with Crippen molar-refractivity contribution in [3.05, 3.63) is 52.3 Å². The summed E-state index contributed by atoms with van der Waals surface area (Å²) in [6.07, 6.45) is 4.32. The minimum absolute atomic E-state index is 0.0649. The lowest BCUT2D eigenvalue weighted by molar-refractivity contribution is -0.135. The molecule has 5 nitrogen and oxygen atoms in total. The number of H-pyrrole nitrogens is 1. The Morgan fingerprint density at radius 3 is 3.00 bits per heavy atom. The third-order valence-corrected chi connectivity index (χ3v) is 5.01. The second-order valence-electron chi connectivity index (χ2n) is 6.30. The number of amides is 1. The van der Waals surface area contributed by atoms with Gasteiger partial charge in [0.25, 0.3) is 0 Å². The van der Waals surface area contributed by atoms with E-state index in [9.17, 15) is 9.18 Å². The number of carbonyl (C=O) groups is 1. The molecule has 0 unspecified atom stereocenters. The summed E-state index contributed by atoms with van der Waals surface area (Å²) in [6.45, 7) is 0.900. The molecule has 1 aromatic carbocycles. The van der Waals surface area contributed by atoms with Gasteiger partial charge in [0.15, 0.2) is 0 Å². The molecule has 2 aromatic rings. The van der Waals surface area contributed by atoms with Gasteiger partial charge in [-0.2, -0.15) is 0 Å². The number of fused-ring (bicyclic) bond motifs is 1. The number of hydrogen-bond donors (Lipinski definition) is 2. The van der Waals surface area contributed by atoms with E-state index in [1.807, 2.05) is 0 Å². The lowest BCUT2D eigenvalue weighted by atomic mass is 10.0. The largest absolute Gasteiger partial charge is 0.348 e. The van der Waals surface area contributed by atoms with Gasteiger partial charge in [-0.25, -0.2) is 9.37 Å². The van der Waals surface area contributed by atoms with Crippen molar-refractivity contribution in [2.24, 2.45) is 0 Å². The predicted octanol–water partition coefficient (Wildman–Crippen LogP) is 2.58. The number of hydrogen-bond acceptors (Lipinski definition) is 3. The number of rotatable bonds is 4. The normalized spacial score (nSPS) is 19.8. The van der Waals surface area contributed by atoms with E-state index in [4.69, 9.17) is 11.6 Å². The molecule has 2 heterocycles. The molecule has 0 bridgehead atoms. The molecule has 24 heavy (non-hydrogen) atoms. The Morgan fingerprint density at radius 2 is 2.25 bits per heavy atom. The van der Waals surface area contributed by atoms with Crippen molar-refractivity contribution in [1.82, 2.24) is 20.2 Å². The second-order valence-corrected chi connectivity index (χ2v) is 6.71. The van der Waals surface area contributed by atoms with E-state index in [-0.39, 0.29) is 24.3 Å². The summed E-state index contributed by atoms with van der Waals surface area (Å²) in [5.74, 6) is -0.442. The molecule has 4 rings (SSSR count). The second kappa shape index (κ2) is 6.18. The van der Waals surface area contributed by atoms with Crippen LogP contribution in [0.25, 0.3) is 0 Å². The van der Waals surface area contributed by atoms with Crippen LogP contribution in [0.15, 0.2) is 24.5 Å². The van der Waals surface area contributed by atoms with Gasteiger partial charge >= 0.3 is 0 Å². The third-order valence-electron chi connectivity index (χ3n) is 4.66. The summed E-state index contributed by atoms with van der Waals surface area (Å²) in [7, 11) is 0. The van der Waals surface area contributed by atoms with Crippen LogP contribution in [0, 0.1) is 5.82 Å². The van der Waals surface area contributed by atoms with E-state index in [1.54, 1.807) is 23.4 Å². The Bertz CT molecular complexity index is 753. The standard InChI is InChI=1S/C17H18ClFN4O/c18-12-2-1-3-13(19)11(12)8-23(10-4-5-10)17(24)16-15-14(6-7-20-16)21-9-22-15/h1-3,9-10,16,20H,4-8H2,(H,21,22)/t16-/m1/s1. The predicted molar refractivity (Wildman–Crippen MR) is 88.0 cm³/mol. The van der Waals surface area contributed by atoms with E-state index in [2.05, 4.69) is 15.3 Å². The number of imidazole rings is 1. The highest BCUT2D eigenvalue weighted by molar-refractivity contribution is 6.31. The van der Waals surface area contributed by atoms with Crippen LogP contribution in [0.2, 0.25) is 5.02 Å². The van der Waals surface area contributed by atoms with E-state index in [0.29, 0.717) is 17.1 Å². The fourth-order valence-corrected chi connectivity index (χ4v) is 3.44.